The van der Waals surface area contributed by atoms with Crippen molar-refractivity contribution in [2.24, 2.45) is 5.92 Å². The number of hydrogen-bond donors (Lipinski definition) is 3. The van der Waals surface area contributed by atoms with Gasteiger partial charge in [-0.1, -0.05) is 6.07 Å². The normalized spacial score (nSPS) is 37.2. The largest absolute Gasteiger partial charge is 0.504 e. The van der Waals surface area contributed by atoms with Gasteiger partial charge in [-0.2, -0.15) is 0 Å². The molecule has 5 aliphatic rings. The molecule has 3 heterocycles. The fraction of sp³-hybridized carbons (Fsp3) is 0.536. The number of phenols is 1. The Labute approximate surface area is 204 Å². The molecule has 2 aromatic rings. The van der Waals surface area contributed by atoms with Crippen molar-refractivity contribution in [3.8, 4) is 11.5 Å². The molecule has 1 saturated heterocycles. The van der Waals surface area contributed by atoms with E-state index in [0.29, 0.717) is 18.6 Å². The van der Waals surface area contributed by atoms with Crippen LogP contribution in [0.15, 0.2) is 41.2 Å². The minimum absolute atomic E-state index is 0.0143. The lowest BCUT2D eigenvalue weighted by atomic mass is 9.44. The van der Waals surface area contributed by atoms with Crippen molar-refractivity contribution in [1.82, 2.24) is 10.2 Å². The van der Waals surface area contributed by atoms with E-state index in [0.717, 1.165) is 48.5 Å². The number of carbonyl (C=O) groups excluding carboxylic acids is 1. The summed E-state index contributed by atoms with van der Waals surface area (Å²) < 4.78 is 11.8. The van der Waals surface area contributed by atoms with Crippen LogP contribution in [0.5, 0.6) is 11.5 Å². The van der Waals surface area contributed by atoms with Gasteiger partial charge in [-0.25, -0.2) is 0 Å². The Balaban J connectivity index is 1.29. The molecule has 0 radical (unpaired) electrons. The second-order valence-electron chi connectivity index (χ2n) is 11.4. The first-order valence-corrected chi connectivity index (χ1v) is 12.9. The number of phenolic OH excluding ortho intramolecular Hbond substituents is 1. The van der Waals surface area contributed by atoms with E-state index in [1.165, 1.54) is 18.9 Å². The van der Waals surface area contributed by atoms with Crippen LogP contribution in [0.4, 0.5) is 0 Å². The highest BCUT2D eigenvalue weighted by Gasteiger charge is 2.77. The lowest BCUT2D eigenvalue weighted by Crippen LogP contribution is -2.82. The zero-order valence-corrected chi connectivity index (χ0v) is 20.0. The third-order valence-electron chi connectivity index (χ3n) is 9.69. The third-order valence-corrected chi connectivity index (χ3v) is 9.69. The Morgan fingerprint density at radius 3 is 2.89 bits per heavy atom. The number of aromatic hydroxyl groups is 1. The quantitative estimate of drug-likeness (QED) is 0.574. The molecule has 1 spiro atoms. The molecule has 3 N–H and O–H groups in total. The van der Waals surface area contributed by atoms with Crippen LogP contribution in [0.2, 0.25) is 0 Å². The lowest BCUT2D eigenvalue weighted by molar-refractivity contribution is -0.220. The molecule has 3 aliphatic carbocycles. The van der Waals surface area contributed by atoms with E-state index in [-0.39, 0.29) is 23.7 Å². The maximum atomic E-state index is 13.0. The van der Waals surface area contributed by atoms with Gasteiger partial charge in [0.15, 0.2) is 11.5 Å². The smallest absolute Gasteiger partial charge is 0.244 e. The average Bonchev–Trinajstić information content (AvgIpc) is 3.38. The lowest BCUT2D eigenvalue weighted by Gasteiger charge is -2.67. The Morgan fingerprint density at radius 2 is 2.11 bits per heavy atom. The van der Waals surface area contributed by atoms with Gasteiger partial charge in [0.05, 0.1) is 29.6 Å². The van der Waals surface area contributed by atoms with Crippen molar-refractivity contribution in [3.05, 3.63) is 53.5 Å². The van der Waals surface area contributed by atoms with Crippen molar-refractivity contribution in [2.75, 3.05) is 13.1 Å². The predicted octanol–water partition coefficient (Wildman–Crippen LogP) is 3.14. The van der Waals surface area contributed by atoms with Gasteiger partial charge < -0.3 is 24.7 Å². The van der Waals surface area contributed by atoms with E-state index in [9.17, 15) is 15.0 Å². The van der Waals surface area contributed by atoms with Crippen molar-refractivity contribution >= 4 is 12.0 Å². The monoisotopic (exact) mass is 476 g/mol. The second kappa shape index (κ2) is 7.14. The van der Waals surface area contributed by atoms with Gasteiger partial charge in [-0.15, -0.1) is 0 Å². The number of nitrogens with zero attached hydrogens (tertiary/aromatic N) is 1. The van der Waals surface area contributed by atoms with E-state index in [1.807, 2.05) is 13.0 Å². The van der Waals surface area contributed by atoms with Gasteiger partial charge in [0.2, 0.25) is 5.91 Å². The first-order valence-electron chi connectivity index (χ1n) is 12.9. The van der Waals surface area contributed by atoms with Gasteiger partial charge in [0, 0.05) is 29.8 Å². The minimum atomic E-state index is -0.977. The fourth-order valence-corrected chi connectivity index (χ4v) is 7.91. The van der Waals surface area contributed by atoms with E-state index in [2.05, 4.69) is 10.2 Å². The van der Waals surface area contributed by atoms with Crippen molar-refractivity contribution in [3.63, 3.8) is 0 Å². The Hall–Kier alpha value is -2.77. The maximum absolute atomic E-state index is 13.0. The zero-order valence-electron chi connectivity index (χ0n) is 20.0. The van der Waals surface area contributed by atoms with Gasteiger partial charge in [-0.3, -0.25) is 9.69 Å². The van der Waals surface area contributed by atoms with Crippen LogP contribution in [0.3, 0.4) is 0 Å². The number of amides is 1. The van der Waals surface area contributed by atoms with E-state index >= 15 is 0 Å². The highest BCUT2D eigenvalue weighted by atomic mass is 16.5. The highest BCUT2D eigenvalue weighted by molar-refractivity contribution is 5.92. The summed E-state index contributed by atoms with van der Waals surface area (Å²) >= 11 is 0. The first-order chi connectivity index (χ1) is 16.9. The summed E-state index contributed by atoms with van der Waals surface area (Å²) in [5.41, 5.74) is 0.409. The first kappa shape index (κ1) is 21.5. The summed E-state index contributed by atoms with van der Waals surface area (Å²) in [4.78, 5) is 15.5. The summed E-state index contributed by atoms with van der Waals surface area (Å²) in [7, 11) is 0. The molecule has 7 rings (SSSR count). The number of hydrogen-bond acceptors (Lipinski definition) is 6. The second-order valence-corrected chi connectivity index (χ2v) is 11.4. The van der Waals surface area contributed by atoms with Gasteiger partial charge >= 0.3 is 0 Å². The van der Waals surface area contributed by atoms with E-state index in [4.69, 9.17) is 9.15 Å². The zero-order chi connectivity index (χ0) is 24.0. The molecule has 2 bridgehead atoms. The van der Waals surface area contributed by atoms with Gasteiger partial charge in [0.25, 0.3) is 0 Å². The molecule has 1 amide bonds. The number of benzene rings is 1. The molecular formula is C28H32N2O5. The summed E-state index contributed by atoms with van der Waals surface area (Å²) in [6, 6.07) is 5.23. The van der Waals surface area contributed by atoms with Gasteiger partial charge in [-0.05, 0) is 81.7 Å². The van der Waals surface area contributed by atoms with E-state index < -0.39 is 16.6 Å². The molecule has 7 nitrogen and oxygen atoms in total. The van der Waals surface area contributed by atoms with Crippen molar-refractivity contribution in [1.29, 1.82) is 0 Å². The van der Waals surface area contributed by atoms with Crippen LogP contribution in [0, 0.1) is 5.92 Å². The number of likely N-dealkylation sites (tertiary alicyclic amines) is 1. The van der Waals surface area contributed by atoms with Gasteiger partial charge in [0.1, 0.15) is 5.60 Å². The number of nitrogens with one attached hydrogen (secondary N) is 1. The number of piperidine rings is 1. The summed E-state index contributed by atoms with van der Waals surface area (Å²) in [5, 5.41) is 26.6. The van der Waals surface area contributed by atoms with Crippen LogP contribution in [-0.2, 0) is 16.6 Å². The number of ether oxygens (including phenoxy) is 1. The topological polar surface area (TPSA) is 95.2 Å². The SMILES string of the molecule is C[C@@]12Oc3c(O)ccc4c3[C@@]13CCN(CC1CC1)[C@H](C4)[C@]3(O)CC[C@@H]2NC(=O)C=Cc1ccoc1. The number of rotatable bonds is 5. The molecule has 2 aliphatic heterocycles. The van der Waals surface area contributed by atoms with Crippen LogP contribution >= 0.6 is 0 Å². The predicted molar refractivity (Wildman–Crippen MR) is 129 cm³/mol. The molecule has 3 fully saturated rings. The number of carbonyl (C=O) groups is 1. The van der Waals surface area contributed by atoms with Crippen LogP contribution in [0.25, 0.3) is 6.08 Å². The molecule has 1 aromatic heterocycles. The molecule has 184 valence electrons. The molecule has 1 aromatic carbocycles. The van der Waals surface area contributed by atoms with Crippen LogP contribution < -0.4 is 10.1 Å². The molecule has 35 heavy (non-hydrogen) atoms. The molecular weight excluding hydrogens is 444 g/mol. The summed E-state index contributed by atoms with van der Waals surface area (Å²) in [6.07, 6.45) is 11.7. The van der Waals surface area contributed by atoms with Crippen LogP contribution in [0.1, 0.15) is 55.7 Å². The standard InChI is InChI=1S/C28H32N2O5/c1-26-21(29-23(32)7-4-18-9-13-34-16-18)8-10-28(33)22-14-19-5-6-20(31)25(35-26)24(19)27(26,28)11-12-30(22)15-17-2-3-17/h4-7,9,13,16-17,21-22,31,33H,2-3,8,10-12,14-15H2,1H3,(H,29,32)/t21-,22+,26-,27-,28+/m0/s1. The number of furan rings is 1. The third kappa shape index (κ3) is 2.77. The maximum Gasteiger partial charge on any atom is 0.244 e. The van der Waals surface area contributed by atoms with E-state index in [1.54, 1.807) is 30.7 Å². The summed E-state index contributed by atoms with van der Waals surface area (Å²) in [5.74, 6) is 1.14. The molecule has 5 atom stereocenters. The van der Waals surface area contributed by atoms with Crippen LogP contribution in [-0.4, -0.2) is 57.4 Å². The Kier molecular flexibility index (Phi) is 4.39. The summed E-state index contributed by atoms with van der Waals surface area (Å²) in [6.45, 7) is 3.96. The Bertz CT molecular complexity index is 1220. The molecule has 7 heteroatoms. The highest BCUT2D eigenvalue weighted by Crippen LogP contribution is 2.69. The molecule has 0 unspecified atom stereocenters. The van der Waals surface area contributed by atoms with Crippen molar-refractivity contribution < 1.29 is 24.2 Å². The minimum Gasteiger partial charge on any atom is -0.504 e. The average molecular weight is 477 g/mol. The van der Waals surface area contributed by atoms with Crippen molar-refractivity contribution in [2.45, 2.75) is 74.1 Å². The molecule has 2 saturated carbocycles. The number of aliphatic hydroxyl groups is 1. The Morgan fingerprint density at radius 1 is 1.26 bits per heavy atom. The fourth-order valence-electron chi connectivity index (χ4n) is 7.91.